The van der Waals surface area contributed by atoms with Gasteiger partial charge in [-0.05, 0) is 48.6 Å². The highest BCUT2D eigenvalue weighted by atomic mass is 35.5. The van der Waals surface area contributed by atoms with E-state index < -0.39 is 0 Å². The molecule has 6 heteroatoms. The normalized spacial score (nSPS) is 17.3. The SMILES string of the molecule is O=C(CN1C(=O)COc2ccccc21)NC(c1ccc(Cl)cc1)C1CC1. The molecule has 0 spiro atoms. The molecular weight excluding hydrogens is 352 g/mol. The van der Waals surface area contributed by atoms with E-state index in [1.165, 1.54) is 4.90 Å². The number of nitrogens with zero attached hydrogens (tertiary/aromatic N) is 1. The zero-order valence-electron chi connectivity index (χ0n) is 14.2. The van der Waals surface area contributed by atoms with Crippen LogP contribution in [0.3, 0.4) is 0 Å². The maximum absolute atomic E-state index is 12.7. The molecule has 1 aliphatic carbocycles. The van der Waals surface area contributed by atoms with E-state index >= 15 is 0 Å². The van der Waals surface area contributed by atoms with Gasteiger partial charge in [-0.15, -0.1) is 0 Å². The molecule has 0 radical (unpaired) electrons. The second kappa shape index (κ2) is 7.00. The van der Waals surface area contributed by atoms with Gasteiger partial charge in [-0.3, -0.25) is 14.5 Å². The lowest BCUT2D eigenvalue weighted by atomic mass is 10.0. The summed E-state index contributed by atoms with van der Waals surface area (Å²) in [5.41, 5.74) is 1.67. The molecule has 2 aliphatic rings. The van der Waals surface area contributed by atoms with Crippen molar-refractivity contribution < 1.29 is 14.3 Å². The van der Waals surface area contributed by atoms with Crippen LogP contribution in [-0.4, -0.2) is 25.0 Å². The molecule has 0 bridgehead atoms. The van der Waals surface area contributed by atoms with Gasteiger partial charge in [0, 0.05) is 5.02 Å². The second-order valence-corrected chi connectivity index (χ2v) is 7.11. The van der Waals surface area contributed by atoms with Crippen LogP contribution in [0.2, 0.25) is 5.02 Å². The third-order valence-corrected chi connectivity index (χ3v) is 5.00. The first-order chi connectivity index (χ1) is 12.6. The van der Waals surface area contributed by atoms with E-state index in [9.17, 15) is 9.59 Å². The van der Waals surface area contributed by atoms with Gasteiger partial charge in [0.2, 0.25) is 5.91 Å². The van der Waals surface area contributed by atoms with E-state index in [1.54, 1.807) is 12.1 Å². The number of nitrogens with one attached hydrogen (secondary N) is 1. The Morgan fingerprint density at radius 2 is 1.92 bits per heavy atom. The molecule has 1 saturated carbocycles. The van der Waals surface area contributed by atoms with Crippen LogP contribution in [0.1, 0.15) is 24.4 Å². The van der Waals surface area contributed by atoms with Crippen molar-refractivity contribution in [3.05, 3.63) is 59.1 Å². The Labute approximate surface area is 156 Å². The van der Waals surface area contributed by atoms with Crippen LogP contribution in [0.25, 0.3) is 0 Å². The molecule has 0 aromatic heterocycles. The summed E-state index contributed by atoms with van der Waals surface area (Å²) in [6.07, 6.45) is 2.18. The predicted octanol–water partition coefficient (Wildman–Crippen LogP) is 3.33. The van der Waals surface area contributed by atoms with Crippen molar-refractivity contribution in [3.63, 3.8) is 0 Å². The number of hydrogen-bond acceptors (Lipinski definition) is 3. The number of amides is 2. The minimum Gasteiger partial charge on any atom is -0.482 e. The van der Waals surface area contributed by atoms with Gasteiger partial charge in [-0.25, -0.2) is 0 Å². The van der Waals surface area contributed by atoms with Crippen molar-refractivity contribution in [1.82, 2.24) is 5.32 Å². The molecule has 1 heterocycles. The summed E-state index contributed by atoms with van der Waals surface area (Å²) >= 11 is 5.97. The quantitative estimate of drug-likeness (QED) is 0.878. The fourth-order valence-corrected chi connectivity index (χ4v) is 3.39. The average molecular weight is 371 g/mol. The Morgan fingerprint density at radius 3 is 2.65 bits per heavy atom. The van der Waals surface area contributed by atoms with Crippen LogP contribution < -0.4 is 15.0 Å². The highest BCUT2D eigenvalue weighted by Crippen LogP contribution is 2.41. The lowest BCUT2D eigenvalue weighted by molar-refractivity contribution is -0.125. The third-order valence-electron chi connectivity index (χ3n) is 4.75. The van der Waals surface area contributed by atoms with E-state index in [1.807, 2.05) is 36.4 Å². The standard InChI is InChI=1S/C20H19ClN2O3/c21-15-9-7-14(8-10-15)20(13-5-6-13)22-18(24)11-23-16-3-1-2-4-17(16)26-12-19(23)25/h1-4,7-10,13,20H,5-6,11-12H2,(H,22,24). The molecule has 1 aliphatic heterocycles. The topological polar surface area (TPSA) is 58.6 Å². The number of halogens is 1. The predicted molar refractivity (Wildman–Crippen MR) is 99.3 cm³/mol. The van der Waals surface area contributed by atoms with Gasteiger partial charge in [-0.2, -0.15) is 0 Å². The first-order valence-electron chi connectivity index (χ1n) is 8.69. The minimum absolute atomic E-state index is 0.0178. The van der Waals surface area contributed by atoms with Crippen molar-refractivity contribution in [2.24, 2.45) is 5.92 Å². The third kappa shape index (κ3) is 3.53. The van der Waals surface area contributed by atoms with Gasteiger partial charge in [0.15, 0.2) is 6.61 Å². The molecular formula is C20H19ClN2O3. The van der Waals surface area contributed by atoms with E-state index in [4.69, 9.17) is 16.3 Å². The number of carbonyl (C=O) groups excluding carboxylic acids is 2. The summed E-state index contributed by atoms with van der Waals surface area (Å²) in [7, 11) is 0. The highest BCUT2D eigenvalue weighted by molar-refractivity contribution is 6.30. The lowest BCUT2D eigenvalue weighted by Gasteiger charge is -2.29. The van der Waals surface area contributed by atoms with Crippen LogP contribution in [0.5, 0.6) is 5.75 Å². The molecule has 1 atom stereocenters. The number of hydrogen-bond donors (Lipinski definition) is 1. The molecule has 2 amide bonds. The summed E-state index contributed by atoms with van der Waals surface area (Å²) in [5.74, 6) is 0.666. The first kappa shape index (κ1) is 16.9. The maximum Gasteiger partial charge on any atom is 0.265 e. The molecule has 0 saturated heterocycles. The largest absolute Gasteiger partial charge is 0.482 e. The van der Waals surface area contributed by atoms with Gasteiger partial charge in [0.1, 0.15) is 12.3 Å². The number of anilines is 1. The molecule has 26 heavy (non-hydrogen) atoms. The fourth-order valence-electron chi connectivity index (χ4n) is 3.26. The van der Waals surface area contributed by atoms with Crippen molar-refractivity contribution in [1.29, 1.82) is 0 Å². The van der Waals surface area contributed by atoms with Gasteiger partial charge in [-0.1, -0.05) is 35.9 Å². The van der Waals surface area contributed by atoms with E-state index in [2.05, 4.69) is 5.32 Å². The maximum atomic E-state index is 12.7. The molecule has 2 aromatic rings. The summed E-state index contributed by atoms with van der Waals surface area (Å²) in [5, 5.41) is 3.77. The van der Waals surface area contributed by atoms with Gasteiger partial charge < -0.3 is 10.1 Å². The Kier molecular flexibility index (Phi) is 4.55. The van der Waals surface area contributed by atoms with Crippen molar-refractivity contribution in [3.8, 4) is 5.75 Å². The number of ether oxygens (including phenoxy) is 1. The smallest absolute Gasteiger partial charge is 0.265 e. The minimum atomic E-state index is -0.215. The Morgan fingerprint density at radius 1 is 1.19 bits per heavy atom. The van der Waals surface area contributed by atoms with E-state index in [0.29, 0.717) is 22.4 Å². The van der Waals surface area contributed by atoms with Gasteiger partial charge in [0.05, 0.1) is 11.7 Å². The van der Waals surface area contributed by atoms with Crippen LogP contribution in [0.15, 0.2) is 48.5 Å². The zero-order valence-corrected chi connectivity index (χ0v) is 14.9. The van der Waals surface area contributed by atoms with Crippen LogP contribution >= 0.6 is 11.6 Å². The van der Waals surface area contributed by atoms with E-state index in [-0.39, 0.29) is 31.0 Å². The van der Waals surface area contributed by atoms with Crippen LogP contribution in [0, 0.1) is 5.92 Å². The Bertz CT molecular complexity index is 833. The summed E-state index contributed by atoms with van der Waals surface area (Å²) in [6.45, 7) is -0.0659. The van der Waals surface area contributed by atoms with Gasteiger partial charge in [0.25, 0.3) is 5.91 Å². The fraction of sp³-hybridized carbons (Fsp3) is 0.300. The highest BCUT2D eigenvalue weighted by Gasteiger charge is 2.34. The summed E-state index contributed by atoms with van der Waals surface area (Å²) in [6, 6.07) is 14.8. The Balaban J connectivity index is 1.49. The molecule has 134 valence electrons. The molecule has 5 nitrogen and oxygen atoms in total. The van der Waals surface area contributed by atoms with Gasteiger partial charge >= 0.3 is 0 Å². The van der Waals surface area contributed by atoms with Crippen molar-refractivity contribution >= 4 is 29.1 Å². The van der Waals surface area contributed by atoms with Crippen molar-refractivity contribution in [2.45, 2.75) is 18.9 Å². The first-order valence-corrected chi connectivity index (χ1v) is 9.06. The number of rotatable bonds is 5. The number of benzene rings is 2. The monoisotopic (exact) mass is 370 g/mol. The second-order valence-electron chi connectivity index (χ2n) is 6.67. The average Bonchev–Trinajstić information content (AvgIpc) is 3.48. The van der Waals surface area contributed by atoms with Crippen LogP contribution in [0.4, 0.5) is 5.69 Å². The number of fused-ring (bicyclic) bond motifs is 1. The Hall–Kier alpha value is -2.53. The van der Waals surface area contributed by atoms with Crippen molar-refractivity contribution in [2.75, 3.05) is 18.1 Å². The number of carbonyl (C=O) groups is 2. The lowest BCUT2D eigenvalue weighted by Crippen LogP contribution is -2.46. The molecule has 1 unspecified atom stereocenters. The molecule has 4 rings (SSSR count). The molecule has 1 N–H and O–H groups in total. The molecule has 1 fully saturated rings. The van der Waals surface area contributed by atoms with E-state index in [0.717, 1.165) is 18.4 Å². The zero-order chi connectivity index (χ0) is 18.1. The number of para-hydroxylation sites is 2. The molecule has 2 aromatic carbocycles. The summed E-state index contributed by atoms with van der Waals surface area (Å²) in [4.78, 5) is 26.4. The van der Waals surface area contributed by atoms with Crippen LogP contribution in [-0.2, 0) is 9.59 Å². The summed E-state index contributed by atoms with van der Waals surface area (Å²) < 4.78 is 5.42.